The lowest BCUT2D eigenvalue weighted by Gasteiger charge is -2.34. The lowest BCUT2D eigenvalue weighted by molar-refractivity contribution is 0.131. The summed E-state index contributed by atoms with van der Waals surface area (Å²) in [5.74, 6) is 0.454. The van der Waals surface area contributed by atoms with Crippen molar-refractivity contribution in [2.75, 3.05) is 38.0 Å². The molecule has 3 N–H and O–H groups in total. The predicted molar refractivity (Wildman–Crippen MR) is 134 cm³/mol. The highest BCUT2D eigenvalue weighted by Gasteiger charge is 2.16. The van der Waals surface area contributed by atoms with Gasteiger partial charge >= 0.3 is 0 Å². The van der Waals surface area contributed by atoms with Gasteiger partial charge in [0.15, 0.2) is 5.96 Å². The minimum Gasteiger partial charge on any atom is -0.370 e. The number of nitrogens with zero attached hydrogens (tertiary/aromatic N) is 3. The quantitative estimate of drug-likeness (QED) is 0.339. The largest absolute Gasteiger partial charge is 0.370 e. The highest BCUT2D eigenvalue weighted by molar-refractivity contribution is 14.0. The van der Waals surface area contributed by atoms with Gasteiger partial charge in [-0.2, -0.15) is 0 Å². The van der Waals surface area contributed by atoms with E-state index in [-0.39, 0.29) is 24.0 Å². The van der Waals surface area contributed by atoms with E-state index in [9.17, 15) is 0 Å². The molecule has 0 spiro atoms. The average molecular weight is 507 g/mol. The summed E-state index contributed by atoms with van der Waals surface area (Å²) >= 11 is 0. The lowest BCUT2D eigenvalue weighted by Crippen LogP contribution is -2.45. The first kappa shape index (κ1) is 23.6. The highest BCUT2D eigenvalue weighted by atomic mass is 127. The van der Waals surface area contributed by atoms with Crippen LogP contribution in [-0.4, -0.2) is 48.5 Å². The van der Waals surface area contributed by atoms with Crippen LogP contribution < -0.4 is 11.1 Å². The number of aryl methyl sites for hydroxylation is 1. The molecule has 2 aromatic rings. The molecule has 1 fully saturated rings. The maximum absolute atomic E-state index is 6.11. The van der Waals surface area contributed by atoms with Crippen molar-refractivity contribution in [3.63, 3.8) is 0 Å². The number of rotatable bonds is 7. The monoisotopic (exact) mass is 507 g/mol. The van der Waals surface area contributed by atoms with Crippen LogP contribution in [0.15, 0.2) is 53.5 Å². The lowest BCUT2D eigenvalue weighted by atomic mass is 10.1. The summed E-state index contributed by atoms with van der Waals surface area (Å²) in [6, 6.07) is 16.9. The fourth-order valence-corrected chi connectivity index (χ4v) is 3.55. The maximum Gasteiger partial charge on any atom is 0.193 e. The Labute approximate surface area is 192 Å². The number of piperazine rings is 1. The van der Waals surface area contributed by atoms with Gasteiger partial charge in [-0.05, 0) is 41.8 Å². The van der Waals surface area contributed by atoms with Gasteiger partial charge in [-0.25, -0.2) is 4.99 Å². The second kappa shape index (κ2) is 12.1. The second-order valence-corrected chi connectivity index (χ2v) is 7.36. The summed E-state index contributed by atoms with van der Waals surface area (Å²) in [6.07, 6.45) is 1.04. The van der Waals surface area contributed by atoms with E-state index in [1.165, 1.54) is 16.7 Å². The summed E-state index contributed by atoms with van der Waals surface area (Å²) < 4.78 is 0. The number of aliphatic imine (C=N–C) groups is 1. The number of hydrogen-bond acceptors (Lipinski definition) is 3. The molecule has 1 aliphatic rings. The fraction of sp³-hybridized carbons (Fsp3) is 0.435. The van der Waals surface area contributed by atoms with Gasteiger partial charge in [0.2, 0.25) is 0 Å². The number of nitrogens with one attached hydrogen (secondary N) is 1. The van der Waals surface area contributed by atoms with Crippen molar-refractivity contribution in [2.45, 2.75) is 33.4 Å². The van der Waals surface area contributed by atoms with Crippen LogP contribution in [0.25, 0.3) is 0 Å². The Morgan fingerprint density at radius 1 is 0.931 bits per heavy atom. The van der Waals surface area contributed by atoms with Crippen LogP contribution >= 0.6 is 24.0 Å². The Balaban J connectivity index is 0.00000300. The number of likely N-dealkylation sites (N-methyl/N-ethyl adjacent to an activating group) is 1. The zero-order valence-corrected chi connectivity index (χ0v) is 19.9. The SMILES string of the molecule is CCc1ccc(NC(N)=NCc2ccccc2CN2CCN(CC)CC2)cc1.I. The number of nitrogens with two attached hydrogens (primary N) is 1. The maximum atomic E-state index is 6.11. The number of halogens is 1. The molecule has 1 heterocycles. The molecule has 0 aromatic heterocycles. The van der Waals surface area contributed by atoms with Crippen molar-refractivity contribution < 1.29 is 0 Å². The molecular weight excluding hydrogens is 473 g/mol. The van der Waals surface area contributed by atoms with Gasteiger partial charge in [0.1, 0.15) is 0 Å². The van der Waals surface area contributed by atoms with Gasteiger partial charge < -0.3 is 16.0 Å². The summed E-state index contributed by atoms with van der Waals surface area (Å²) in [7, 11) is 0. The molecule has 0 amide bonds. The van der Waals surface area contributed by atoms with Gasteiger partial charge in [0, 0.05) is 38.4 Å². The molecule has 0 radical (unpaired) electrons. The number of hydrogen-bond donors (Lipinski definition) is 2. The first-order chi connectivity index (χ1) is 13.7. The summed E-state index contributed by atoms with van der Waals surface area (Å²) in [6.45, 7) is 11.7. The third-order valence-electron chi connectivity index (χ3n) is 5.48. The zero-order valence-electron chi connectivity index (χ0n) is 17.6. The summed E-state index contributed by atoms with van der Waals surface area (Å²) in [4.78, 5) is 9.61. The van der Waals surface area contributed by atoms with Crippen LogP contribution in [0.2, 0.25) is 0 Å². The van der Waals surface area contributed by atoms with E-state index in [1.807, 2.05) is 12.1 Å². The van der Waals surface area contributed by atoms with Crippen molar-refractivity contribution >= 4 is 35.6 Å². The minimum absolute atomic E-state index is 0. The van der Waals surface area contributed by atoms with Crippen molar-refractivity contribution in [1.29, 1.82) is 0 Å². The van der Waals surface area contributed by atoms with Gasteiger partial charge in [0.05, 0.1) is 6.54 Å². The topological polar surface area (TPSA) is 56.9 Å². The van der Waals surface area contributed by atoms with E-state index < -0.39 is 0 Å². The normalized spacial score (nSPS) is 15.7. The van der Waals surface area contributed by atoms with Crippen LogP contribution in [0.1, 0.15) is 30.5 Å². The molecule has 0 aliphatic carbocycles. The Kier molecular flexibility index (Phi) is 9.90. The van der Waals surface area contributed by atoms with Crippen LogP contribution in [0.3, 0.4) is 0 Å². The molecule has 158 valence electrons. The number of benzene rings is 2. The minimum atomic E-state index is 0. The molecule has 1 aliphatic heterocycles. The molecule has 1 saturated heterocycles. The molecule has 2 aromatic carbocycles. The Hall–Kier alpha value is -1.64. The molecule has 6 heteroatoms. The first-order valence-corrected chi connectivity index (χ1v) is 10.3. The number of guanidine groups is 1. The Morgan fingerprint density at radius 2 is 1.55 bits per heavy atom. The van der Waals surface area contributed by atoms with E-state index in [4.69, 9.17) is 5.73 Å². The van der Waals surface area contributed by atoms with Crippen LogP contribution in [-0.2, 0) is 19.5 Å². The molecule has 5 nitrogen and oxygen atoms in total. The van der Waals surface area contributed by atoms with E-state index in [1.54, 1.807) is 0 Å². The second-order valence-electron chi connectivity index (χ2n) is 7.36. The summed E-state index contributed by atoms with van der Waals surface area (Å²) in [5, 5.41) is 3.19. The predicted octanol–water partition coefficient (Wildman–Crippen LogP) is 3.93. The average Bonchev–Trinajstić information content (AvgIpc) is 2.74. The Morgan fingerprint density at radius 3 is 2.17 bits per heavy atom. The molecule has 29 heavy (non-hydrogen) atoms. The third kappa shape index (κ3) is 7.28. The van der Waals surface area contributed by atoms with Crippen molar-refractivity contribution in [3.8, 4) is 0 Å². The van der Waals surface area contributed by atoms with Crippen LogP contribution in [0.5, 0.6) is 0 Å². The van der Waals surface area contributed by atoms with Gasteiger partial charge in [-0.1, -0.05) is 50.2 Å². The third-order valence-corrected chi connectivity index (χ3v) is 5.48. The van der Waals surface area contributed by atoms with Crippen LogP contribution in [0.4, 0.5) is 5.69 Å². The first-order valence-electron chi connectivity index (χ1n) is 10.3. The van der Waals surface area contributed by atoms with E-state index in [2.05, 4.69) is 70.4 Å². The van der Waals surface area contributed by atoms with E-state index >= 15 is 0 Å². The van der Waals surface area contributed by atoms with Crippen molar-refractivity contribution in [2.24, 2.45) is 10.7 Å². The van der Waals surface area contributed by atoms with E-state index in [0.717, 1.165) is 51.4 Å². The molecule has 0 saturated carbocycles. The zero-order chi connectivity index (χ0) is 19.8. The van der Waals surface area contributed by atoms with Crippen LogP contribution in [0, 0.1) is 0 Å². The Bertz CT molecular complexity index is 767. The molecular formula is C23H34IN5. The molecule has 0 unspecified atom stereocenters. The molecule has 0 atom stereocenters. The van der Waals surface area contributed by atoms with Gasteiger partial charge in [-0.15, -0.1) is 24.0 Å². The highest BCUT2D eigenvalue weighted by Crippen LogP contribution is 2.15. The van der Waals surface area contributed by atoms with Gasteiger partial charge in [0.25, 0.3) is 0 Å². The fourth-order valence-electron chi connectivity index (χ4n) is 3.55. The molecule has 3 rings (SSSR count). The van der Waals surface area contributed by atoms with E-state index in [0.29, 0.717) is 12.5 Å². The van der Waals surface area contributed by atoms with Crippen molar-refractivity contribution in [3.05, 3.63) is 65.2 Å². The van der Waals surface area contributed by atoms with Gasteiger partial charge in [-0.3, -0.25) is 4.90 Å². The smallest absolute Gasteiger partial charge is 0.193 e. The summed E-state index contributed by atoms with van der Waals surface area (Å²) in [5.41, 5.74) is 11.0. The number of anilines is 1. The van der Waals surface area contributed by atoms with Crippen molar-refractivity contribution in [1.82, 2.24) is 9.80 Å². The molecule has 0 bridgehead atoms. The standard InChI is InChI=1S/C23H33N5.HI/c1-3-19-9-11-22(12-10-19)26-23(24)25-17-20-7-5-6-8-21(20)18-28-15-13-27(4-2)14-16-28;/h5-12H,3-4,13-18H2,1-2H3,(H3,24,25,26);1H.